The molecular formula is C9H15NO3. The number of amides is 1. The van der Waals surface area contributed by atoms with Gasteiger partial charge in [0.15, 0.2) is 0 Å². The van der Waals surface area contributed by atoms with Crippen LogP contribution in [0.5, 0.6) is 0 Å². The van der Waals surface area contributed by atoms with Crippen molar-refractivity contribution >= 4 is 5.91 Å². The molecule has 0 aromatic rings. The zero-order valence-corrected chi connectivity index (χ0v) is 7.61. The van der Waals surface area contributed by atoms with Gasteiger partial charge >= 0.3 is 0 Å². The van der Waals surface area contributed by atoms with Crippen molar-refractivity contribution in [2.75, 3.05) is 32.9 Å². The number of rotatable bonds is 2. The molecule has 4 heteroatoms. The highest BCUT2D eigenvalue weighted by molar-refractivity contribution is 5.80. The molecule has 1 atom stereocenters. The zero-order valence-electron chi connectivity index (χ0n) is 7.61. The predicted octanol–water partition coefficient (Wildman–Crippen LogP) is -0.526. The number of aliphatic hydroxyl groups is 1. The predicted molar refractivity (Wildman–Crippen MR) is 46.1 cm³/mol. The van der Waals surface area contributed by atoms with E-state index in [2.05, 4.69) is 0 Å². The molecule has 4 nitrogen and oxygen atoms in total. The number of carbonyl (C=O) groups is 1. The standard InChI is InChI=1S/C9H15NO3/c11-5-7-3-10(4-7)9(12)8-1-2-13-6-8/h7-8,11H,1-6H2. The lowest BCUT2D eigenvalue weighted by Crippen LogP contribution is -2.53. The Labute approximate surface area is 77.5 Å². The molecule has 74 valence electrons. The van der Waals surface area contributed by atoms with E-state index in [1.807, 2.05) is 4.90 Å². The zero-order chi connectivity index (χ0) is 9.26. The van der Waals surface area contributed by atoms with Crippen LogP contribution in [0.3, 0.4) is 0 Å². The summed E-state index contributed by atoms with van der Waals surface area (Å²) in [5.74, 6) is 0.605. The third-order valence-electron chi connectivity index (χ3n) is 2.81. The Morgan fingerprint density at radius 3 is 2.85 bits per heavy atom. The van der Waals surface area contributed by atoms with Crippen LogP contribution < -0.4 is 0 Å². The molecule has 0 aliphatic carbocycles. The first-order valence-corrected chi connectivity index (χ1v) is 4.78. The normalized spacial score (nSPS) is 29.0. The van der Waals surface area contributed by atoms with Gasteiger partial charge in [0.1, 0.15) is 0 Å². The second-order valence-electron chi connectivity index (χ2n) is 3.85. The lowest BCUT2D eigenvalue weighted by molar-refractivity contribution is -0.142. The molecule has 1 amide bonds. The van der Waals surface area contributed by atoms with Crippen LogP contribution in [0.2, 0.25) is 0 Å². The maximum atomic E-state index is 11.7. The molecule has 2 aliphatic rings. The fourth-order valence-electron chi connectivity index (χ4n) is 1.85. The van der Waals surface area contributed by atoms with Crippen molar-refractivity contribution in [2.24, 2.45) is 11.8 Å². The third-order valence-corrected chi connectivity index (χ3v) is 2.81. The lowest BCUT2D eigenvalue weighted by Gasteiger charge is -2.39. The minimum Gasteiger partial charge on any atom is -0.396 e. The number of carbonyl (C=O) groups excluding carboxylic acids is 1. The summed E-state index contributed by atoms with van der Waals surface area (Å²) in [7, 11) is 0. The summed E-state index contributed by atoms with van der Waals surface area (Å²) in [6.07, 6.45) is 0.860. The van der Waals surface area contributed by atoms with Crippen molar-refractivity contribution < 1.29 is 14.6 Å². The van der Waals surface area contributed by atoms with E-state index in [0.717, 1.165) is 19.5 Å². The molecule has 0 aromatic carbocycles. The second-order valence-corrected chi connectivity index (χ2v) is 3.85. The number of hydrogen-bond acceptors (Lipinski definition) is 3. The summed E-state index contributed by atoms with van der Waals surface area (Å²) >= 11 is 0. The van der Waals surface area contributed by atoms with Gasteiger partial charge in [0.25, 0.3) is 0 Å². The molecule has 1 unspecified atom stereocenters. The lowest BCUT2D eigenvalue weighted by atomic mass is 9.98. The van der Waals surface area contributed by atoms with Crippen LogP contribution in [0, 0.1) is 11.8 Å². The summed E-state index contributed by atoms with van der Waals surface area (Å²) in [4.78, 5) is 13.5. The third kappa shape index (κ3) is 1.69. The topological polar surface area (TPSA) is 49.8 Å². The van der Waals surface area contributed by atoms with E-state index in [1.165, 1.54) is 0 Å². The van der Waals surface area contributed by atoms with E-state index in [0.29, 0.717) is 19.1 Å². The SMILES string of the molecule is O=C(C1CCOC1)N1CC(CO)C1. The van der Waals surface area contributed by atoms with Crippen LogP contribution in [-0.2, 0) is 9.53 Å². The smallest absolute Gasteiger partial charge is 0.228 e. The van der Waals surface area contributed by atoms with Gasteiger partial charge < -0.3 is 14.7 Å². The fourth-order valence-corrected chi connectivity index (χ4v) is 1.85. The molecular weight excluding hydrogens is 170 g/mol. The molecule has 2 rings (SSSR count). The minimum absolute atomic E-state index is 0.0830. The van der Waals surface area contributed by atoms with Gasteiger partial charge in [-0.05, 0) is 6.42 Å². The van der Waals surface area contributed by atoms with Gasteiger partial charge in [-0.2, -0.15) is 0 Å². The number of aliphatic hydroxyl groups excluding tert-OH is 1. The van der Waals surface area contributed by atoms with Gasteiger partial charge in [0.05, 0.1) is 12.5 Å². The summed E-state index contributed by atoms with van der Waals surface area (Å²) in [6, 6.07) is 0. The summed E-state index contributed by atoms with van der Waals surface area (Å²) in [5, 5.41) is 8.79. The highest BCUT2D eigenvalue weighted by atomic mass is 16.5. The van der Waals surface area contributed by atoms with Gasteiger partial charge in [-0.15, -0.1) is 0 Å². The molecule has 13 heavy (non-hydrogen) atoms. The summed E-state index contributed by atoms with van der Waals surface area (Å²) in [6.45, 7) is 2.95. The average molecular weight is 185 g/mol. The Bertz CT molecular complexity index is 195. The number of hydrogen-bond donors (Lipinski definition) is 1. The maximum absolute atomic E-state index is 11.7. The molecule has 1 N–H and O–H groups in total. The van der Waals surface area contributed by atoms with Gasteiger partial charge in [0, 0.05) is 32.2 Å². The van der Waals surface area contributed by atoms with Gasteiger partial charge in [-0.1, -0.05) is 0 Å². The van der Waals surface area contributed by atoms with Gasteiger partial charge in [-0.3, -0.25) is 4.79 Å². The number of likely N-dealkylation sites (tertiary alicyclic amines) is 1. The molecule has 2 aliphatic heterocycles. The molecule has 0 spiro atoms. The van der Waals surface area contributed by atoms with Crippen LogP contribution in [0.4, 0.5) is 0 Å². The molecule has 0 bridgehead atoms. The van der Waals surface area contributed by atoms with Crippen LogP contribution in [0.1, 0.15) is 6.42 Å². The van der Waals surface area contributed by atoms with Crippen molar-refractivity contribution in [2.45, 2.75) is 6.42 Å². The van der Waals surface area contributed by atoms with E-state index >= 15 is 0 Å². The Kier molecular flexibility index (Phi) is 2.51. The number of ether oxygens (including phenoxy) is 1. The quantitative estimate of drug-likeness (QED) is 0.629. The van der Waals surface area contributed by atoms with Gasteiger partial charge in [-0.25, -0.2) is 0 Å². The first-order valence-electron chi connectivity index (χ1n) is 4.78. The van der Waals surface area contributed by atoms with Crippen LogP contribution in [0.25, 0.3) is 0 Å². The first-order chi connectivity index (χ1) is 6.31. The average Bonchev–Trinajstić information content (AvgIpc) is 2.53. The highest BCUT2D eigenvalue weighted by Crippen LogP contribution is 2.21. The van der Waals surface area contributed by atoms with Crippen molar-refractivity contribution in [1.29, 1.82) is 0 Å². The molecule has 2 heterocycles. The fraction of sp³-hybridized carbons (Fsp3) is 0.889. The molecule has 0 saturated carbocycles. The van der Waals surface area contributed by atoms with Crippen LogP contribution in [0.15, 0.2) is 0 Å². The van der Waals surface area contributed by atoms with Crippen LogP contribution >= 0.6 is 0 Å². The van der Waals surface area contributed by atoms with E-state index < -0.39 is 0 Å². The van der Waals surface area contributed by atoms with E-state index in [4.69, 9.17) is 9.84 Å². The summed E-state index contributed by atoms with van der Waals surface area (Å²) < 4.78 is 5.15. The molecule has 2 fully saturated rings. The van der Waals surface area contributed by atoms with Crippen molar-refractivity contribution in [3.05, 3.63) is 0 Å². The van der Waals surface area contributed by atoms with Crippen molar-refractivity contribution in [3.63, 3.8) is 0 Å². The van der Waals surface area contributed by atoms with Crippen LogP contribution in [-0.4, -0.2) is 48.8 Å². The Balaban J connectivity index is 1.78. The molecule has 0 aromatic heterocycles. The first kappa shape index (κ1) is 8.97. The molecule has 2 saturated heterocycles. The largest absolute Gasteiger partial charge is 0.396 e. The summed E-state index contributed by atoms with van der Waals surface area (Å²) in [5.41, 5.74) is 0. The van der Waals surface area contributed by atoms with Gasteiger partial charge in [0.2, 0.25) is 5.91 Å². The van der Waals surface area contributed by atoms with Crippen molar-refractivity contribution in [3.8, 4) is 0 Å². The van der Waals surface area contributed by atoms with Crippen molar-refractivity contribution in [1.82, 2.24) is 4.90 Å². The number of nitrogens with zero attached hydrogens (tertiary/aromatic N) is 1. The van der Waals surface area contributed by atoms with E-state index in [1.54, 1.807) is 0 Å². The van der Waals surface area contributed by atoms with E-state index in [9.17, 15) is 4.79 Å². The minimum atomic E-state index is 0.0830. The Morgan fingerprint density at radius 1 is 1.54 bits per heavy atom. The maximum Gasteiger partial charge on any atom is 0.228 e. The van der Waals surface area contributed by atoms with E-state index in [-0.39, 0.29) is 18.4 Å². The Morgan fingerprint density at radius 2 is 2.31 bits per heavy atom. The monoisotopic (exact) mass is 185 g/mol. The molecule has 0 radical (unpaired) electrons. The highest BCUT2D eigenvalue weighted by Gasteiger charge is 2.35. The second kappa shape index (κ2) is 3.64. The Hall–Kier alpha value is -0.610.